The van der Waals surface area contributed by atoms with Crippen LogP contribution in [0.1, 0.15) is 37.8 Å². The number of H-pyrrole nitrogens is 2. The SMILES string of the molecule is O=c1[nH]c(O)c(/C=c2/cnn3c(=NC4CC4)nc(N4CCCCC4)nc23)[nH]1. The molecule has 0 spiro atoms. The zero-order chi connectivity index (χ0) is 18.4. The first-order valence-corrected chi connectivity index (χ1v) is 9.25. The molecule has 1 aliphatic heterocycles. The van der Waals surface area contributed by atoms with E-state index in [9.17, 15) is 9.90 Å². The lowest BCUT2D eigenvalue weighted by Gasteiger charge is -2.26. The Balaban J connectivity index is 1.71. The van der Waals surface area contributed by atoms with Crippen molar-refractivity contribution in [2.45, 2.75) is 38.1 Å². The number of imidazole rings is 1. The summed E-state index contributed by atoms with van der Waals surface area (Å²) in [6, 6.07) is 0.305. The minimum absolute atomic E-state index is 0.215. The molecule has 3 aromatic rings. The molecule has 0 amide bonds. The summed E-state index contributed by atoms with van der Waals surface area (Å²) in [4.78, 5) is 32.5. The van der Waals surface area contributed by atoms with Gasteiger partial charge in [0.15, 0.2) is 5.65 Å². The predicted octanol–water partition coefficient (Wildman–Crippen LogP) is -0.553. The van der Waals surface area contributed by atoms with Gasteiger partial charge in [-0.1, -0.05) is 0 Å². The summed E-state index contributed by atoms with van der Waals surface area (Å²) < 4.78 is 1.62. The molecule has 1 saturated carbocycles. The van der Waals surface area contributed by atoms with Crippen LogP contribution in [-0.4, -0.2) is 53.8 Å². The Labute approximate surface area is 153 Å². The second kappa shape index (κ2) is 6.22. The second-order valence-corrected chi connectivity index (χ2v) is 7.05. The first-order valence-electron chi connectivity index (χ1n) is 9.25. The van der Waals surface area contributed by atoms with Crippen molar-refractivity contribution >= 4 is 17.7 Å². The Morgan fingerprint density at radius 1 is 1.19 bits per heavy atom. The van der Waals surface area contributed by atoms with E-state index in [4.69, 9.17) is 9.98 Å². The van der Waals surface area contributed by atoms with Crippen LogP contribution in [0.3, 0.4) is 0 Å². The van der Waals surface area contributed by atoms with Gasteiger partial charge in [-0.2, -0.15) is 19.6 Å². The number of piperidine rings is 1. The fraction of sp³-hybridized carbons (Fsp3) is 0.471. The van der Waals surface area contributed by atoms with Crippen LogP contribution in [0.4, 0.5) is 5.95 Å². The number of anilines is 1. The van der Waals surface area contributed by atoms with Gasteiger partial charge in [0, 0.05) is 18.3 Å². The molecule has 3 N–H and O–H groups in total. The third kappa shape index (κ3) is 3.07. The van der Waals surface area contributed by atoms with Crippen molar-refractivity contribution in [2.75, 3.05) is 18.0 Å². The summed E-state index contributed by atoms with van der Waals surface area (Å²) in [6.45, 7) is 1.86. The Hall–Kier alpha value is -3.17. The van der Waals surface area contributed by atoms with Crippen LogP contribution >= 0.6 is 0 Å². The third-order valence-corrected chi connectivity index (χ3v) is 4.89. The van der Waals surface area contributed by atoms with Crippen LogP contribution in [0.15, 0.2) is 16.0 Å². The maximum absolute atomic E-state index is 11.4. The van der Waals surface area contributed by atoms with E-state index in [-0.39, 0.29) is 11.6 Å². The fourth-order valence-corrected chi connectivity index (χ4v) is 3.30. The van der Waals surface area contributed by atoms with E-state index in [1.807, 2.05) is 0 Å². The third-order valence-electron chi connectivity index (χ3n) is 4.89. The van der Waals surface area contributed by atoms with Crippen LogP contribution in [-0.2, 0) is 0 Å². The van der Waals surface area contributed by atoms with Gasteiger partial charge in [0.05, 0.1) is 12.2 Å². The molecule has 0 atom stereocenters. The van der Waals surface area contributed by atoms with Crippen molar-refractivity contribution in [1.29, 1.82) is 0 Å². The van der Waals surface area contributed by atoms with Crippen LogP contribution in [0.2, 0.25) is 0 Å². The fourth-order valence-electron chi connectivity index (χ4n) is 3.30. The Morgan fingerprint density at radius 2 is 2.00 bits per heavy atom. The summed E-state index contributed by atoms with van der Waals surface area (Å²) in [6.07, 6.45) is 8.90. The van der Waals surface area contributed by atoms with Crippen LogP contribution in [0.5, 0.6) is 5.88 Å². The lowest BCUT2D eigenvalue weighted by Crippen LogP contribution is -2.34. The van der Waals surface area contributed by atoms with Gasteiger partial charge in [-0.05, 0) is 38.2 Å². The van der Waals surface area contributed by atoms with Gasteiger partial charge in [0.1, 0.15) is 5.69 Å². The first kappa shape index (κ1) is 16.0. The highest BCUT2D eigenvalue weighted by molar-refractivity contribution is 5.57. The van der Waals surface area contributed by atoms with Crippen molar-refractivity contribution in [2.24, 2.45) is 4.99 Å². The quantitative estimate of drug-likeness (QED) is 0.569. The first-order chi connectivity index (χ1) is 13.2. The number of aromatic nitrogens is 6. The molecule has 0 aromatic carbocycles. The van der Waals surface area contributed by atoms with Crippen LogP contribution in [0, 0.1) is 0 Å². The van der Waals surface area contributed by atoms with Crippen molar-refractivity contribution in [3.05, 3.63) is 33.2 Å². The van der Waals surface area contributed by atoms with Gasteiger partial charge in [0.2, 0.25) is 11.8 Å². The number of aromatic hydroxyl groups is 1. The number of aromatic amines is 2. The number of hydrogen-bond donors (Lipinski definition) is 3. The van der Waals surface area contributed by atoms with Gasteiger partial charge in [-0.15, -0.1) is 0 Å². The van der Waals surface area contributed by atoms with Crippen molar-refractivity contribution in [3.63, 3.8) is 0 Å². The minimum atomic E-state index is -0.469. The highest BCUT2D eigenvalue weighted by Gasteiger charge is 2.22. The summed E-state index contributed by atoms with van der Waals surface area (Å²) in [5.41, 5.74) is 0.970. The molecule has 2 aliphatic rings. The Bertz CT molecular complexity index is 1160. The zero-order valence-corrected chi connectivity index (χ0v) is 14.7. The van der Waals surface area contributed by atoms with Gasteiger partial charge in [-0.25, -0.2) is 9.79 Å². The number of nitrogens with one attached hydrogen (secondary N) is 2. The molecular weight excluding hydrogens is 348 g/mol. The molecule has 0 bridgehead atoms. The molecule has 0 unspecified atom stereocenters. The average Bonchev–Trinajstić information content (AvgIpc) is 3.31. The molecule has 3 aromatic heterocycles. The topological polar surface area (TPSA) is 128 Å². The monoisotopic (exact) mass is 368 g/mol. The molecule has 10 nitrogen and oxygen atoms in total. The van der Waals surface area contributed by atoms with E-state index >= 15 is 0 Å². The van der Waals surface area contributed by atoms with Crippen LogP contribution < -0.4 is 21.4 Å². The summed E-state index contributed by atoms with van der Waals surface area (Å²) in [7, 11) is 0. The molecule has 5 rings (SSSR count). The predicted molar refractivity (Wildman–Crippen MR) is 97.3 cm³/mol. The van der Waals surface area contributed by atoms with Gasteiger partial charge < -0.3 is 15.0 Å². The molecule has 0 radical (unpaired) electrons. The maximum atomic E-state index is 11.4. The molecule has 140 valence electrons. The average molecular weight is 368 g/mol. The van der Waals surface area contributed by atoms with Crippen molar-refractivity contribution < 1.29 is 5.11 Å². The Kier molecular flexibility index (Phi) is 3.69. The number of nitrogens with zero attached hydrogens (tertiary/aromatic N) is 6. The zero-order valence-electron chi connectivity index (χ0n) is 14.7. The van der Waals surface area contributed by atoms with E-state index < -0.39 is 5.69 Å². The molecular formula is C17H20N8O2. The van der Waals surface area contributed by atoms with E-state index in [0.29, 0.717) is 28.5 Å². The maximum Gasteiger partial charge on any atom is 0.326 e. The minimum Gasteiger partial charge on any atom is -0.493 e. The highest BCUT2D eigenvalue weighted by atomic mass is 16.3. The Morgan fingerprint density at radius 3 is 2.70 bits per heavy atom. The normalized spacial score (nSPS) is 19.3. The highest BCUT2D eigenvalue weighted by Crippen LogP contribution is 2.22. The summed E-state index contributed by atoms with van der Waals surface area (Å²) in [5.74, 6) is 0.441. The van der Waals surface area contributed by atoms with Gasteiger partial charge >= 0.3 is 5.69 Å². The summed E-state index contributed by atoms with van der Waals surface area (Å²) in [5, 5.41) is 14.9. The number of fused-ring (bicyclic) bond motifs is 1. The molecule has 1 aliphatic carbocycles. The molecule has 1 saturated heterocycles. The second-order valence-electron chi connectivity index (χ2n) is 7.05. The van der Waals surface area contributed by atoms with Crippen LogP contribution in [0.25, 0.3) is 11.7 Å². The smallest absolute Gasteiger partial charge is 0.326 e. The van der Waals surface area contributed by atoms with Gasteiger partial charge in [-0.3, -0.25) is 4.98 Å². The van der Waals surface area contributed by atoms with Crippen molar-refractivity contribution in [3.8, 4) is 5.88 Å². The van der Waals surface area contributed by atoms with E-state index in [1.54, 1.807) is 16.8 Å². The molecule has 2 fully saturated rings. The largest absolute Gasteiger partial charge is 0.493 e. The standard InChI is InChI=1S/C17H20N8O2/c26-14-12(20-17(27)22-14)8-10-9-18-25-13(10)21-15(24-6-2-1-3-7-24)23-16(25)19-11-4-5-11/h8-9,11,26H,1-7H2,(H2,20,22,27)/b10-8-,19-16?. The lowest BCUT2D eigenvalue weighted by atomic mass is 10.1. The lowest BCUT2D eigenvalue weighted by molar-refractivity contribution is 0.454. The van der Waals surface area contributed by atoms with Gasteiger partial charge in [0.25, 0.3) is 5.62 Å². The van der Waals surface area contributed by atoms with Crippen molar-refractivity contribution in [1.82, 2.24) is 29.5 Å². The van der Waals surface area contributed by atoms with E-state index in [2.05, 4.69) is 25.0 Å². The number of rotatable bonds is 3. The number of hydrogen-bond acceptors (Lipinski definition) is 7. The van der Waals surface area contributed by atoms with E-state index in [0.717, 1.165) is 38.8 Å². The summed E-state index contributed by atoms with van der Waals surface area (Å²) >= 11 is 0. The molecule has 27 heavy (non-hydrogen) atoms. The molecule has 10 heteroatoms. The molecule has 4 heterocycles. The van der Waals surface area contributed by atoms with E-state index in [1.165, 1.54) is 6.42 Å².